The van der Waals surface area contributed by atoms with E-state index >= 15 is 0 Å². The van der Waals surface area contributed by atoms with Gasteiger partial charge in [-0.25, -0.2) is 0 Å². The molecule has 78 heavy (non-hydrogen) atoms. The minimum absolute atomic E-state index is 0.0643. The maximum atomic E-state index is 11.6. The van der Waals surface area contributed by atoms with Gasteiger partial charge in [0, 0.05) is 19.4 Å². The van der Waals surface area contributed by atoms with Crippen LogP contribution in [0.3, 0.4) is 0 Å². The SMILES string of the molecule is C=C.C=CC(C)C(C)C(C)CC.C=CCCCCCCCC=C.CC.CC.CC.CC.CCC(C)C.CCCC.CCCCCCCC/C=C\CCCCCCCC(=O)OCC(C)COC.CCc1cc(C)c(CC)c(C)c1. The summed E-state index contributed by atoms with van der Waals surface area (Å²) in [5.74, 6) is 3.36. The molecule has 3 heteroatoms. The number of unbranched alkanes of at least 4 members (excludes halogenated alkanes) is 18. The van der Waals surface area contributed by atoms with Crippen molar-refractivity contribution in [2.45, 2.75) is 333 Å². The Bertz CT molecular complexity index is 1190. The first-order valence-corrected chi connectivity index (χ1v) is 33.3. The van der Waals surface area contributed by atoms with Crippen molar-refractivity contribution in [3.8, 4) is 0 Å². The molecule has 0 aliphatic heterocycles. The van der Waals surface area contributed by atoms with Crippen molar-refractivity contribution >= 4 is 5.97 Å². The minimum atomic E-state index is -0.0643. The van der Waals surface area contributed by atoms with E-state index in [1.165, 1.54) is 164 Å². The predicted octanol–water partition coefficient (Wildman–Crippen LogP) is 26.6. The highest BCUT2D eigenvalue weighted by Crippen LogP contribution is 2.23. The van der Waals surface area contributed by atoms with Gasteiger partial charge in [-0.05, 0) is 130 Å². The zero-order valence-corrected chi connectivity index (χ0v) is 58.7. The number of ether oxygens (including phenoxy) is 2. The summed E-state index contributed by atoms with van der Waals surface area (Å²) >= 11 is 0. The average Bonchev–Trinajstić information content (AvgIpc) is 3.48. The number of benzene rings is 1. The first kappa shape index (κ1) is 97.5. The standard InChI is InChI=1S/C23H44O3.C12H18.C11H20.C10H20.C5H12.C4H10.4C2H6.C2H4/c1-4-5-6-7-8-9-10-11-12-13-14-15-16-17-18-19-23(24)26-21-22(2)20-25-3;1-5-11-7-9(3)12(6-2)10(4)8-11;1-3-5-7-9-11-10-8-6-4-2;1-6-8(3)10(5)9(4)7-2;1-4-5(2)3;1-3-4-2;5*1-2/h11-12,22H,4-10,13-21H2,1-3H3;7-8H,5-6H2,1-4H3;3-4H,1-2,5-11H2;6,8-10H,1,7H2,2-5H3;5H,4H2,1-3H3;3-4H2,1-2H3;4*1-2H3;1-2H2/b12-11-;;;;;;;;;;. The molecular formula is C75H152O3. The highest BCUT2D eigenvalue weighted by Gasteiger charge is 2.14. The lowest BCUT2D eigenvalue weighted by Gasteiger charge is -2.22. The number of allylic oxidation sites excluding steroid dienone is 5. The fraction of sp³-hybridized carbons (Fsp3) is 0.773. The Kier molecular flexibility index (Phi) is 117. The van der Waals surface area contributed by atoms with Gasteiger partial charge in [-0.15, -0.1) is 32.9 Å². The van der Waals surface area contributed by atoms with Crippen LogP contribution in [0, 0.1) is 43.4 Å². The quantitative estimate of drug-likeness (QED) is 0.0386. The van der Waals surface area contributed by atoms with E-state index in [2.05, 4.69) is 160 Å². The average molecular weight is 1100 g/mol. The molecule has 0 aliphatic carbocycles. The van der Waals surface area contributed by atoms with E-state index in [0.29, 0.717) is 25.6 Å². The largest absolute Gasteiger partial charge is 0.465 e. The molecule has 0 saturated carbocycles. The number of methoxy groups -OCH3 is 1. The van der Waals surface area contributed by atoms with Gasteiger partial charge >= 0.3 is 5.97 Å². The van der Waals surface area contributed by atoms with Crippen molar-refractivity contribution < 1.29 is 14.3 Å². The Morgan fingerprint density at radius 3 is 1.19 bits per heavy atom. The van der Waals surface area contributed by atoms with Crippen molar-refractivity contribution in [2.24, 2.45) is 29.6 Å². The first-order valence-electron chi connectivity index (χ1n) is 33.3. The second-order valence-corrected chi connectivity index (χ2v) is 20.1. The number of rotatable bonds is 35. The van der Waals surface area contributed by atoms with Gasteiger partial charge in [0.25, 0.3) is 0 Å². The zero-order valence-electron chi connectivity index (χ0n) is 58.7. The number of carbonyl (C=O) groups excluding carboxylic acids is 1. The number of hydrogen-bond acceptors (Lipinski definition) is 3. The van der Waals surface area contributed by atoms with Gasteiger partial charge in [-0.1, -0.05) is 284 Å². The van der Waals surface area contributed by atoms with Crippen LogP contribution in [-0.2, 0) is 27.1 Å². The topological polar surface area (TPSA) is 35.5 Å². The maximum absolute atomic E-state index is 11.6. The molecule has 0 amide bonds. The maximum Gasteiger partial charge on any atom is 0.305 e. The van der Waals surface area contributed by atoms with Crippen LogP contribution in [0.1, 0.15) is 328 Å². The van der Waals surface area contributed by atoms with Crippen molar-refractivity contribution in [3.63, 3.8) is 0 Å². The smallest absolute Gasteiger partial charge is 0.305 e. The Labute approximate surface area is 498 Å². The van der Waals surface area contributed by atoms with E-state index < -0.39 is 0 Å². The summed E-state index contributed by atoms with van der Waals surface area (Å²) in [7, 11) is 1.67. The summed E-state index contributed by atoms with van der Waals surface area (Å²) in [5, 5.41) is 0. The van der Waals surface area contributed by atoms with Gasteiger partial charge in [0.1, 0.15) is 0 Å². The third kappa shape index (κ3) is 89.9. The molecule has 4 atom stereocenters. The van der Waals surface area contributed by atoms with Crippen molar-refractivity contribution in [1.82, 2.24) is 0 Å². The van der Waals surface area contributed by atoms with Crippen LogP contribution in [0.15, 0.2) is 75.4 Å². The molecule has 0 aromatic heterocycles. The molecular weight excluding hydrogens is 949 g/mol. The Morgan fingerprint density at radius 1 is 0.513 bits per heavy atom. The van der Waals surface area contributed by atoms with Crippen LogP contribution >= 0.6 is 0 Å². The second kappa shape index (κ2) is 93.7. The zero-order chi connectivity index (χ0) is 62.6. The third-order valence-electron chi connectivity index (χ3n) is 13.0. The summed E-state index contributed by atoms with van der Waals surface area (Å²) in [6, 6.07) is 4.62. The predicted molar refractivity (Wildman–Crippen MR) is 369 cm³/mol. The Morgan fingerprint density at radius 2 is 0.885 bits per heavy atom. The molecule has 0 fully saturated rings. The van der Waals surface area contributed by atoms with Crippen LogP contribution < -0.4 is 0 Å². The monoisotopic (exact) mass is 1100 g/mol. The van der Waals surface area contributed by atoms with E-state index in [1.54, 1.807) is 7.11 Å². The molecule has 0 heterocycles. The first-order chi connectivity index (χ1) is 37.6. The van der Waals surface area contributed by atoms with E-state index in [-0.39, 0.29) is 11.9 Å². The van der Waals surface area contributed by atoms with Crippen molar-refractivity contribution in [1.29, 1.82) is 0 Å². The van der Waals surface area contributed by atoms with Crippen LogP contribution in [-0.4, -0.2) is 26.3 Å². The van der Waals surface area contributed by atoms with E-state index in [9.17, 15) is 4.79 Å². The second-order valence-electron chi connectivity index (χ2n) is 20.1. The molecule has 0 aliphatic rings. The van der Waals surface area contributed by atoms with Crippen molar-refractivity contribution in [2.75, 3.05) is 20.3 Å². The molecule has 0 saturated heterocycles. The van der Waals surface area contributed by atoms with Crippen LogP contribution in [0.2, 0.25) is 0 Å². The molecule has 0 radical (unpaired) electrons. The number of esters is 1. The van der Waals surface area contributed by atoms with Gasteiger partial charge in [-0.2, -0.15) is 0 Å². The van der Waals surface area contributed by atoms with Crippen LogP contribution in [0.25, 0.3) is 0 Å². The minimum Gasteiger partial charge on any atom is -0.465 e. The number of aryl methyl sites for hydroxylation is 3. The van der Waals surface area contributed by atoms with Gasteiger partial charge in [0.2, 0.25) is 0 Å². The fourth-order valence-corrected chi connectivity index (χ4v) is 7.04. The summed E-state index contributed by atoms with van der Waals surface area (Å²) in [6.07, 6.45) is 44.5. The molecule has 470 valence electrons. The lowest BCUT2D eigenvalue weighted by Crippen LogP contribution is -2.15. The molecule has 3 nitrogen and oxygen atoms in total. The Balaban J connectivity index is -0.0000000940. The number of carbonyl (C=O) groups is 1. The van der Waals surface area contributed by atoms with E-state index in [4.69, 9.17) is 9.47 Å². The molecule has 0 spiro atoms. The molecule has 0 N–H and O–H groups in total. The third-order valence-corrected chi connectivity index (χ3v) is 13.0. The summed E-state index contributed by atoms with van der Waals surface area (Å²) in [5.41, 5.74) is 5.89. The van der Waals surface area contributed by atoms with Gasteiger partial charge in [0.15, 0.2) is 0 Å². The summed E-state index contributed by atoms with van der Waals surface area (Å²) in [4.78, 5) is 11.6. The summed E-state index contributed by atoms with van der Waals surface area (Å²) < 4.78 is 10.3. The molecule has 0 bridgehead atoms. The van der Waals surface area contributed by atoms with Gasteiger partial charge in [-0.3, -0.25) is 4.79 Å². The molecule has 1 rings (SSSR count). The highest BCUT2D eigenvalue weighted by atomic mass is 16.5. The Hall–Kier alpha value is -2.65. The van der Waals surface area contributed by atoms with Crippen LogP contribution in [0.4, 0.5) is 0 Å². The van der Waals surface area contributed by atoms with Crippen LogP contribution in [0.5, 0.6) is 0 Å². The number of hydrogen-bond donors (Lipinski definition) is 0. The highest BCUT2D eigenvalue weighted by molar-refractivity contribution is 5.69. The van der Waals surface area contributed by atoms with Gasteiger partial charge in [0.05, 0.1) is 13.2 Å². The summed E-state index contributed by atoms with van der Waals surface area (Å²) in [6.45, 7) is 67.6. The van der Waals surface area contributed by atoms with Crippen molar-refractivity contribution in [3.05, 3.63) is 97.7 Å². The molecule has 1 aromatic carbocycles. The normalized spacial score (nSPS) is 11.0. The molecule has 4 unspecified atom stereocenters. The van der Waals surface area contributed by atoms with E-state index in [0.717, 1.165) is 43.4 Å². The fourth-order valence-electron chi connectivity index (χ4n) is 7.04. The van der Waals surface area contributed by atoms with E-state index in [1.807, 2.05) is 74.5 Å². The lowest BCUT2D eigenvalue weighted by molar-refractivity contribution is -0.145. The van der Waals surface area contributed by atoms with Gasteiger partial charge < -0.3 is 9.47 Å². The lowest BCUT2D eigenvalue weighted by atomic mass is 9.84. The molecule has 1 aromatic rings.